The second-order valence-electron chi connectivity index (χ2n) is 6.95. The van der Waals surface area contributed by atoms with Crippen LogP contribution in [-0.2, 0) is 24.2 Å². The van der Waals surface area contributed by atoms with Crippen LogP contribution in [0.3, 0.4) is 0 Å². The number of fused-ring (bicyclic) bond motifs is 1. The maximum atomic E-state index is 13.3. The van der Waals surface area contributed by atoms with E-state index in [1.54, 1.807) is 12.1 Å². The first kappa shape index (κ1) is 15.3. The first-order chi connectivity index (χ1) is 11.6. The summed E-state index contributed by atoms with van der Waals surface area (Å²) >= 11 is 0. The molecule has 2 aromatic rings. The number of halogens is 1. The molecule has 0 aliphatic carbocycles. The predicted octanol–water partition coefficient (Wildman–Crippen LogP) is 1.99. The van der Waals surface area contributed by atoms with Gasteiger partial charge in [0, 0.05) is 26.1 Å². The van der Waals surface area contributed by atoms with E-state index in [0.717, 1.165) is 43.1 Å². The highest BCUT2D eigenvalue weighted by atomic mass is 19.1. The molecule has 1 aromatic carbocycles. The minimum Gasteiger partial charge on any atom is -0.342 e. The number of amides is 1. The molecule has 6 heteroatoms. The SMILES string of the molecule is Cc1nnc2n1CC(C(=O)N1CCC(Cc3cccc(F)c3)C1)C2. The molecule has 2 unspecified atom stereocenters. The minimum absolute atomic E-state index is 0.0119. The van der Waals surface area contributed by atoms with Gasteiger partial charge >= 0.3 is 0 Å². The zero-order valence-electron chi connectivity index (χ0n) is 13.8. The number of rotatable bonds is 3. The van der Waals surface area contributed by atoms with Crippen LogP contribution in [0.25, 0.3) is 0 Å². The number of likely N-dealkylation sites (tertiary alicyclic amines) is 1. The topological polar surface area (TPSA) is 51.0 Å². The number of carbonyl (C=O) groups excluding carboxylic acids is 1. The first-order valence-electron chi connectivity index (χ1n) is 8.52. The highest BCUT2D eigenvalue weighted by Crippen LogP contribution is 2.27. The second kappa shape index (κ2) is 6.00. The Morgan fingerprint density at radius 2 is 2.21 bits per heavy atom. The van der Waals surface area contributed by atoms with Crippen LogP contribution in [0.15, 0.2) is 24.3 Å². The van der Waals surface area contributed by atoms with Gasteiger partial charge < -0.3 is 9.47 Å². The maximum absolute atomic E-state index is 13.3. The van der Waals surface area contributed by atoms with Crippen LogP contribution in [0.2, 0.25) is 0 Å². The Bertz CT molecular complexity index is 772. The van der Waals surface area contributed by atoms with Gasteiger partial charge in [0.15, 0.2) is 0 Å². The van der Waals surface area contributed by atoms with Crippen LogP contribution in [-0.4, -0.2) is 38.7 Å². The van der Waals surface area contributed by atoms with Gasteiger partial charge in [-0.3, -0.25) is 4.79 Å². The van der Waals surface area contributed by atoms with Gasteiger partial charge in [-0.1, -0.05) is 12.1 Å². The normalized spacial score (nSPS) is 22.8. The van der Waals surface area contributed by atoms with Crippen molar-refractivity contribution >= 4 is 5.91 Å². The summed E-state index contributed by atoms with van der Waals surface area (Å²) in [5.41, 5.74) is 1.01. The Hall–Kier alpha value is -2.24. The molecule has 2 aliphatic rings. The molecule has 24 heavy (non-hydrogen) atoms. The Kier molecular flexibility index (Phi) is 3.82. The standard InChI is InChI=1S/C18H21FN4O/c1-12-20-21-17-9-15(11-23(12)17)18(24)22-6-5-14(10-22)7-13-3-2-4-16(19)8-13/h2-4,8,14-15H,5-7,9-11H2,1H3. The van der Waals surface area contributed by atoms with Crippen LogP contribution >= 0.6 is 0 Å². The molecule has 1 saturated heterocycles. The van der Waals surface area contributed by atoms with E-state index < -0.39 is 0 Å². The first-order valence-corrected chi connectivity index (χ1v) is 8.52. The molecule has 3 heterocycles. The summed E-state index contributed by atoms with van der Waals surface area (Å²) in [5, 5.41) is 8.19. The molecule has 1 amide bonds. The van der Waals surface area contributed by atoms with E-state index in [0.29, 0.717) is 18.9 Å². The molecule has 0 spiro atoms. The molecule has 4 rings (SSSR count). The Morgan fingerprint density at radius 1 is 1.33 bits per heavy atom. The molecule has 0 radical (unpaired) electrons. The van der Waals surface area contributed by atoms with E-state index in [1.165, 1.54) is 6.07 Å². The van der Waals surface area contributed by atoms with Gasteiger partial charge in [0.25, 0.3) is 0 Å². The van der Waals surface area contributed by atoms with Crippen LogP contribution in [0.5, 0.6) is 0 Å². The lowest BCUT2D eigenvalue weighted by atomic mass is 9.98. The average Bonchev–Trinajstić information content (AvgIpc) is 3.25. The van der Waals surface area contributed by atoms with E-state index in [4.69, 9.17) is 0 Å². The molecular formula is C18H21FN4O. The van der Waals surface area contributed by atoms with E-state index in [1.807, 2.05) is 22.5 Å². The smallest absolute Gasteiger partial charge is 0.227 e. The number of nitrogens with zero attached hydrogens (tertiary/aromatic N) is 4. The van der Waals surface area contributed by atoms with Crippen LogP contribution in [0.1, 0.15) is 23.6 Å². The molecule has 0 saturated carbocycles. The van der Waals surface area contributed by atoms with Crippen molar-refractivity contribution < 1.29 is 9.18 Å². The summed E-state index contributed by atoms with van der Waals surface area (Å²) in [6, 6.07) is 6.77. The van der Waals surface area contributed by atoms with Crippen molar-refractivity contribution in [3.63, 3.8) is 0 Å². The molecule has 126 valence electrons. The molecule has 2 atom stereocenters. The number of carbonyl (C=O) groups is 1. The van der Waals surface area contributed by atoms with Crippen molar-refractivity contribution in [1.29, 1.82) is 0 Å². The molecule has 5 nitrogen and oxygen atoms in total. The van der Waals surface area contributed by atoms with E-state index in [-0.39, 0.29) is 17.6 Å². The predicted molar refractivity (Wildman–Crippen MR) is 86.7 cm³/mol. The molecule has 0 N–H and O–H groups in total. The summed E-state index contributed by atoms with van der Waals surface area (Å²) in [5.74, 6) is 2.23. The maximum Gasteiger partial charge on any atom is 0.227 e. The number of aryl methyl sites for hydroxylation is 1. The average molecular weight is 328 g/mol. The number of aromatic nitrogens is 3. The number of benzene rings is 1. The lowest BCUT2D eigenvalue weighted by Gasteiger charge is -2.20. The van der Waals surface area contributed by atoms with Crippen molar-refractivity contribution in [2.45, 2.75) is 32.7 Å². The van der Waals surface area contributed by atoms with Crippen molar-refractivity contribution in [3.8, 4) is 0 Å². The Morgan fingerprint density at radius 3 is 3.00 bits per heavy atom. The zero-order chi connectivity index (χ0) is 16.7. The minimum atomic E-state index is -0.192. The molecule has 1 aromatic heterocycles. The Balaban J connectivity index is 1.36. The molecule has 1 fully saturated rings. The number of hydrogen-bond donors (Lipinski definition) is 0. The fourth-order valence-corrected chi connectivity index (χ4v) is 3.94. The lowest BCUT2D eigenvalue weighted by molar-refractivity contribution is -0.134. The van der Waals surface area contributed by atoms with Gasteiger partial charge in [-0.2, -0.15) is 0 Å². The third-order valence-electron chi connectivity index (χ3n) is 5.20. The zero-order valence-corrected chi connectivity index (χ0v) is 13.8. The third kappa shape index (κ3) is 2.81. The molecule has 2 aliphatic heterocycles. The van der Waals surface area contributed by atoms with Gasteiger partial charge in [-0.15, -0.1) is 10.2 Å². The van der Waals surface area contributed by atoms with E-state index in [9.17, 15) is 9.18 Å². The van der Waals surface area contributed by atoms with Gasteiger partial charge in [0.1, 0.15) is 17.5 Å². The lowest BCUT2D eigenvalue weighted by Crippen LogP contribution is -2.35. The quantitative estimate of drug-likeness (QED) is 0.866. The fraction of sp³-hybridized carbons (Fsp3) is 0.500. The number of hydrogen-bond acceptors (Lipinski definition) is 3. The monoisotopic (exact) mass is 328 g/mol. The second-order valence-corrected chi connectivity index (χ2v) is 6.95. The molecule has 0 bridgehead atoms. The van der Waals surface area contributed by atoms with E-state index in [2.05, 4.69) is 10.2 Å². The third-order valence-corrected chi connectivity index (χ3v) is 5.20. The summed E-state index contributed by atoms with van der Waals surface area (Å²) in [4.78, 5) is 14.8. The van der Waals surface area contributed by atoms with Crippen molar-refractivity contribution in [3.05, 3.63) is 47.3 Å². The van der Waals surface area contributed by atoms with Crippen LogP contribution < -0.4 is 0 Å². The van der Waals surface area contributed by atoms with Gasteiger partial charge in [0.2, 0.25) is 5.91 Å². The van der Waals surface area contributed by atoms with Crippen molar-refractivity contribution in [1.82, 2.24) is 19.7 Å². The summed E-state index contributed by atoms with van der Waals surface area (Å²) in [7, 11) is 0. The van der Waals surface area contributed by atoms with Gasteiger partial charge in [0.05, 0.1) is 5.92 Å². The highest BCUT2D eigenvalue weighted by molar-refractivity contribution is 5.79. The summed E-state index contributed by atoms with van der Waals surface area (Å²) < 4.78 is 15.3. The fourth-order valence-electron chi connectivity index (χ4n) is 3.94. The molecular weight excluding hydrogens is 307 g/mol. The van der Waals surface area contributed by atoms with Crippen molar-refractivity contribution in [2.24, 2.45) is 11.8 Å². The van der Waals surface area contributed by atoms with Crippen molar-refractivity contribution in [2.75, 3.05) is 13.1 Å². The van der Waals surface area contributed by atoms with Gasteiger partial charge in [-0.25, -0.2) is 4.39 Å². The summed E-state index contributed by atoms with van der Waals surface area (Å²) in [6.45, 7) is 4.19. The van der Waals surface area contributed by atoms with Crippen LogP contribution in [0.4, 0.5) is 4.39 Å². The summed E-state index contributed by atoms with van der Waals surface area (Å²) in [6.07, 6.45) is 2.50. The van der Waals surface area contributed by atoms with Crippen LogP contribution in [0, 0.1) is 24.6 Å². The Labute approximate surface area is 140 Å². The largest absolute Gasteiger partial charge is 0.342 e. The highest BCUT2D eigenvalue weighted by Gasteiger charge is 2.35. The van der Waals surface area contributed by atoms with Gasteiger partial charge in [-0.05, 0) is 43.4 Å². The van der Waals surface area contributed by atoms with E-state index >= 15 is 0 Å².